The number of nitrogens with zero attached hydrogens (tertiary/aromatic N) is 1. The Morgan fingerprint density at radius 3 is 1.80 bits per heavy atom. The zero-order valence-electron chi connectivity index (χ0n) is 3.73. The Kier molecular flexibility index (Phi) is 2.23. The smallest absolute Gasteiger partial charge is 0.285 e. The van der Waals surface area contributed by atoms with E-state index in [1.54, 1.807) is 0 Å². The molecule has 0 aromatic rings. The van der Waals surface area contributed by atoms with Crippen LogP contribution in [0.2, 0.25) is 0 Å². The summed E-state index contributed by atoms with van der Waals surface area (Å²) in [4.78, 5) is 1.90. The molecule has 0 fully saturated rings. The Morgan fingerprint density at radius 2 is 1.80 bits per heavy atom. The Bertz CT molecular complexity index is 21.6. The standard InChI is InChI=1S/C2H9BN2/c1-5(2)3-4/h3H,4H2,1-2H3. The molecule has 0 aromatic heterocycles. The summed E-state index contributed by atoms with van der Waals surface area (Å²) >= 11 is 0. The van der Waals surface area contributed by atoms with Gasteiger partial charge in [0.1, 0.15) is 0 Å². The fourth-order valence-electron chi connectivity index (χ4n) is 0. The van der Waals surface area contributed by atoms with Crippen molar-refractivity contribution in [2.24, 2.45) is 5.64 Å². The molecular weight excluding hydrogens is 62.8 g/mol. The van der Waals surface area contributed by atoms with Gasteiger partial charge in [-0.25, -0.2) is 0 Å². The van der Waals surface area contributed by atoms with Gasteiger partial charge >= 0.3 is 0 Å². The van der Waals surface area contributed by atoms with E-state index in [2.05, 4.69) is 0 Å². The summed E-state index contributed by atoms with van der Waals surface area (Å²) in [5, 5.41) is 0. The van der Waals surface area contributed by atoms with Crippen LogP contribution in [0.4, 0.5) is 0 Å². The highest BCUT2D eigenvalue weighted by Gasteiger charge is 1.77. The second-order valence-corrected chi connectivity index (χ2v) is 1.26. The lowest BCUT2D eigenvalue weighted by Crippen LogP contribution is -2.25. The third-order valence-corrected chi connectivity index (χ3v) is 0.365. The van der Waals surface area contributed by atoms with Gasteiger partial charge < -0.3 is 10.5 Å². The van der Waals surface area contributed by atoms with Crippen molar-refractivity contribution in [3.8, 4) is 0 Å². The van der Waals surface area contributed by atoms with E-state index in [4.69, 9.17) is 5.64 Å². The molecule has 0 spiro atoms. The van der Waals surface area contributed by atoms with Crippen LogP contribution in [-0.4, -0.2) is 26.5 Å². The number of hydrogen-bond donors (Lipinski definition) is 1. The quantitative estimate of drug-likeness (QED) is 0.393. The van der Waals surface area contributed by atoms with Crippen molar-refractivity contribution in [3.63, 3.8) is 0 Å². The summed E-state index contributed by atoms with van der Waals surface area (Å²) in [5.41, 5.74) is 5.10. The molecule has 0 atom stereocenters. The van der Waals surface area contributed by atoms with Gasteiger partial charge in [0.05, 0.1) is 0 Å². The lowest BCUT2D eigenvalue weighted by molar-refractivity contribution is 0.660. The molecule has 0 saturated carbocycles. The zero-order valence-corrected chi connectivity index (χ0v) is 3.73. The molecular formula is C2H9BN2. The van der Waals surface area contributed by atoms with Crippen molar-refractivity contribution in [1.29, 1.82) is 0 Å². The van der Waals surface area contributed by atoms with Crippen LogP contribution in [0.1, 0.15) is 0 Å². The summed E-state index contributed by atoms with van der Waals surface area (Å²) in [5.74, 6) is 0. The average Bonchev–Trinajstić information content (AvgIpc) is 1.38. The van der Waals surface area contributed by atoms with Gasteiger partial charge in [0.2, 0.25) is 0 Å². The first-order chi connectivity index (χ1) is 2.27. The Hall–Kier alpha value is -0.0151. The molecule has 0 aliphatic heterocycles. The average molecular weight is 71.9 g/mol. The van der Waals surface area contributed by atoms with Crippen LogP contribution in [0.3, 0.4) is 0 Å². The molecule has 0 rings (SSSR count). The molecule has 5 heavy (non-hydrogen) atoms. The van der Waals surface area contributed by atoms with E-state index < -0.39 is 0 Å². The minimum Gasteiger partial charge on any atom is -0.359 e. The molecule has 30 valence electrons. The summed E-state index contributed by atoms with van der Waals surface area (Å²) in [6.07, 6.45) is 0. The van der Waals surface area contributed by atoms with Crippen LogP contribution in [-0.2, 0) is 0 Å². The Balaban J connectivity index is 2.54. The normalized spacial score (nSPS) is 8.80. The largest absolute Gasteiger partial charge is 0.359 e. The van der Waals surface area contributed by atoms with Crippen LogP contribution < -0.4 is 5.64 Å². The second-order valence-electron chi connectivity index (χ2n) is 1.26. The lowest BCUT2D eigenvalue weighted by atomic mass is 10.2. The number of hydrogen-bond acceptors (Lipinski definition) is 2. The van der Waals surface area contributed by atoms with Crippen molar-refractivity contribution in [1.82, 2.24) is 4.81 Å². The molecule has 0 aliphatic carbocycles. The third kappa shape index (κ3) is 3.98. The molecule has 3 heteroatoms. The minimum absolute atomic E-state index is 0.639. The number of rotatable bonds is 1. The Morgan fingerprint density at radius 1 is 1.60 bits per heavy atom. The maximum absolute atomic E-state index is 5.10. The molecule has 0 heterocycles. The molecule has 0 bridgehead atoms. The fourth-order valence-corrected chi connectivity index (χ4v) is 0. The maximum Gasteiger partial charge on any atom is 0.285 e. The highest BCUT2D eigenvalue weighted by Crippen LogP contribution is 1.51. The van der Waals surface area contributed by atoms with E-state index in [1.807, 2.05) is 18.9 Å². The zero-order chi connectivity index (χ0) is 4.28. The topological polar surface area (TPSA) is 29.3 Å². The van der Waals surface area contributed by atoms with Gasteiger partial charge in [-0.1, -0.05) is 0 Å². The molecule has 0 radical (unpaired) electrons. The number of nitrogens with two attached hydrogens (primary N) is 1. The van der Waals surface area contributed by atoms with E-state index in [9.17, 15) is 0 Å². The van der Waals surface area contributed by atoms with Crippen LogP contribution in [0.25, 0.3) is 0 Å². The van der Waals surface area contributed by atoms with Gasteiger partial charge in [0.25, 0.3) is 7.55 Å². The first kappa shape index (κ1) is 4.98. The molecule has 0 aromatic carbocycles. The van der Waals surface area contributed by atoms with Gasteiger partial charge in [-0.2, -0.15) is 0 Å². The third-order valence-electron chi connectivity index (χ3n) is 0.365. The first-order valence-corrected chi connectivity index (χ1v) is 1.62. The SMILES string of the molecule is CN(C)BN. The van der Waals surface area contributed by atoms with Gasteiger partial charge in [0.15, 0.2) is 0 Å². The van der Waals surface area contributed by atoms with Crippen molar-refractivity contribution >= 4 is 7.55 Å². The molecule has 2 N–H and O–H groups in total. The molecule has 0 unspecified atom stereocenters. The Labute approximate surface area is 33.2 Å². The van der Waals surface area contributed by atoms with Crippen molar-refractivity contribution in [2.45, 2.75) is 0 Å². The van der Waals surface area contributed by atoms with Crippen LogP contribution in [0.15, 0.2) is 0 Å². The van der Waals surface area contributed by atoms with Crippen molar-refractivity contribution in [3.05, 3.63) is 0 Å². The lowest BCUT2D eigenvalue weighted by Gasteiger charge is -1.97. The van der Waals surface area contributed by atoms with Crippen molar-refractivity contribution < 1.29 is 0 Å². The highest BCUT2D eigenvalue weighted by atomic mass is 15.0. The second kappa shape index (κ2) is 2.24. The van der Waals surface area contributed by atoms with Crippen LogP contribution >= 0.6 is 0 Å². The van der Waals surface area contributed by atoms with Crippen LogP contribution in [0.5, 0.6) is 0 Å². The molecule has 0 amide bonds. The first-order valence-electron chi connectivity index (χ1n) is 1.62. The van der Waals surface area contributed by atoms with E-state index in [-0.39, 0.29) is 0 Å². The van der Waals surface area contributed by atoms with Gasteiger partial charge in [0, 0.05) is 0 Å². The van der Waals surface area contributed by atoms with Gasteiger partial charge in [-0.15, -0.1) is 0 Å². The van der Waals surface area contributed by atoms with E-state index in [0.29, 0.717) is 7.55 Å². The summed E-state index contributed by atoms with van der Waals surface area (Å²) in [6.45, 7) is 0. The monoisotopic (exact) mass is 72.1 g/mol. The highest BCUT2D eigenvalue weighted by molar-refractivity contribution is 6.26. The molecule has 0 aliphatic rings. The fraction of sp³-hybridized carbons (Fsp3) is 1.00. The summed E-state index contributed by atoms with van der Waals surface area (Å²) < 4.78 is 0. The van der Waals surface area contributed by atoms with Gasteiger partial charge in [-0.3, -0.25) is 0 Å². The van der Waals surface area contributed by atoms with E-state index in [0.717, 1.165) is 0 Å². The summed E-state index contributed by atoms with van der Waals surface area (Å²) in [7, 11) is 4.50. The predicted molar refractivity (Wildman–Crippen MR) is 25.0 cm³/mol. The predicted octanol–water partition coefficient (Wildman–Crippen LogP) is -1.23. The van der Waals surface area contributed by atoms with Crippen LogP contribution in [0, 0.1) is 0 Å². The van der Waals surface area contributed by atoms with Crippen molar-refractivity contribution in [2.75, 3.05) is 14.1 Å². The molecule has 0 saturated heterocycles. The minimum atomic E-state index is 0.639. The summed E-state index contributed by atoms with van der Waals surface area (Å²) in [6, 6.07) is 0. The van der Waals surface area contributed by atoms with E-state index >= 15 is 0 Å². The van der Waals surface area contributed by atoms with Gasteiger partial charge in [-0.05, 0) is 14.1 Å². The maximum atomic E-state index is 5.10. The molecule has 2 nitrogen and oxygen atoms in total. The van der Waals surface area contributed by atoms with E-state index in [1.165, 1.54) is 0 Å².